The summed E-state index contributed by atoms with van der Waals surface area (Å²) < 4.78 is 14.1. The van der Waals surface area contributed by atoms with E-state index in [1.54, 1.807) is 24.3 Å². The summed E-state index contributed by atoms with van der Waals surface area (Å²) >= 11 is 0. The number of rotatable bonds is 1. The van der Waals surface area contributed by atoms with Crippen LogP contribution in [-0.2, 0) is 6.42 Å². The van der Waals surface area contributed by atoms with Crippen LogP contribution >= 0.6 is 0 Å². The van der Waals surface area contributed by atoms with Crippen molar-refractivity contribution in [3.05, 3.63) is 65.0 Å². The molecule has 0 N–H and O–H groups in total. The highest BCUT2D eigenvalue weighted by molar-refractivity contribution is 6.07. The molecule has 3 nitrogen and oxygen atoms in total. The predicted molar refractivity (Wildman–Crippen MR) is 77.6 cm³/mol. The fourth-order valence-corrected chi connectivity index (χ4v) is 2.68. The lowest BCUT2D eigenvalue weighted by atomic mass is 10.00. The van der Waals surface area contributed by atoms with Gasteiger partial charge in [-0.3, -0.25) is 4.79 Å². The van der Waals surface area contributed by atoms with Gasteiger partial charge in [-0.2, -0.15) is 5.26 Å². The third-order valence-corrected chi connectivity index (χ3v) is 3.65. The molecule has 104 valence electrons. The van der Waals surface area contributed by atoms with Gasteiger partial charge in [0, 0.05) is 12.1 Å². The van der Waals surface area contributed by atoms with Gasteiger partial charge < -0.3 is 4.90 Å². The summed E-state index contributed by atoms with van der Waals surface area (Å²) in [7, 11) is 0. The summed E-state index contributed by atoms with van der Waals surface area (Å²) in [4.78, 5) is 14.1. The van der Waals surface area contributed by atoms with E-state index in [4.69, 9.17) is 5.26 Å². The molecule has 1 aliphatic heterocycles. The molecule has 0 bridgehead atoms. The Morgan fingerprint density at radius 3 is 2.86 bits per heavy atom. The van der Waals surface area contributed by atoms with Gasteiger partial charge in [0.05, 0.1) is 17.3 Å². The van der Waals surface area contributed by atoms with E-state index in [0.717, 1.165) is 18.4 Å². The van der Waals surface area contributed by atoms with Gasteiger partial charge in [0.25, 0.3) is 5.91 Å². The number of hydrogen-bond acceptors (Lipinski definition) is 2. The molecule has 21 heavy (non-hydrogen) atoms. The first-order chi connectivity index (χ1) is 10.2. The minimum atomic E-state index is -0.378. The molecule has 0 saturated carbocycles. The summed E-state index contributed by atoms with van der Waals surface area (Å²) in [5.41, 5.74) is 2.05. The molecule has 0 fully saturated rings. The number of nitrogens with zero attached hydrogens (tertiary/aromatic N) is 2. The van der Waals surface area contributed by atoms with Crippen LogP contribution in [0.5, 0.6) is 0 Å². The van der Waals surface area contributed by atoms with Crippen LogP contribution in [0.2, 0.25) is 0 Å². The number of anilines is 1. The van der Waals surface area contributed by atoms with E-state index in [2.05, 4.69) is 0 Å². The Hall–Kier alpha value is -2.67. The number of nitriles is 1. The number of aryl methyl sites for hydroxylation is 1. The zero-order valence-electron chi connectivity index (χ0n) is 11.3. The van der Waals surface area contributed by atoms with Crippen LogP contribution in [0.4, 0.5) is 10.1 Å². The predicted octanol–water partition coefficient (Wildman–Crippen LogP) is 3.29. The first-order valence-corrected chi connectivity index (χ1v) is 6.80. The molecular formula is C17H13FN2O. The molecular weight excluding hydrogens is 267 g/mol. The summed E-state index contributed by atoms with van der Waals surface area (Å²) in [6.45, 7) is 0.490. The average molecular weight is 280 g/mol. The number of benzene rings is 2. The Bertz CT molecular complexity index is 749. The fraction of sp³-hybridized carbons (Fsp3) is 0.176. The lowest BCUT2D eigenvalue weighted by Crippen LogP contribution is -2.36. The van der Waals surface area contributed by atoms with E-state index >= 15 is 0 Å². The molecule has 4 heteroatoms. The molecule has 1 aliphatic rings. The normalized spacial score (nSPS) is 13.4. The van der Waals surface area contributed by atoms with Crippen LogP contribution < -0.4 is 4.90 Å². The molecule has 0 unspecified atom stereocenters. The van der Waals surface area contributed by atoms with E-state index in [9.17, 15) is 9.18 Å². The number of para-hydroxylation sites is 1. The van der Waals surface area contributed by atoms with E-state index in [0.29, 0.717) is 23.4 Å². The van der Waals surface area contributed by atoms with E-state index in [1.807, 2.05) is 12.1 Å². The average Bonchev–Trinajstić information content (AvgIpc) is 2.54. The number of carbonyl (C=O) groups excluding carboxylic acids is 1. The SMILES string of the molecule is N#Cc1cccc(C(=O)N2CCCc3cccc(F)c32)c1. The first-order valence-electron chi connectivity index (χ1n) is 6.80. The Balaban J connectivity index is 2.02. The molecule has 1 heterocycles. The summed E-state index contributed by atoms with van der Waals surface area (Å²) in [6, 6.07) is 13.4. The van der Waals surface area contributed by atoms with Crippen molar-refractivity contribution in [2.45, 2.75) is 12.8 Å². The summed E-state index contributed by atoms with van der Waals surface area (Å²) in [6.07, 6.45) is 1.58. The Morgan fingerprint density at radius 2 is 2.05 bits per heavy atom. The van der Waals surface area contributed by atoms with Gasteiger partial charge in [0.15, 0.2) is 0 Å². The zero-order chi connectivity index (χ0) is 14.8. The van der Waals surface area contributed by atoms with Gasteiger partial charge in [-0.05, 0) is 42.7 Å². The number of fused-ring (bicyclic) bond motifs is 1. The summed E-state index contributed by atoms with van der Waals surface area (Å²) in [5.74, 6) is -0.643. The van der Waals surface area contributed by atoms with Crippen molar-refractivity contribution in [2.24, 2.45) is 0 Å². The molecule has 0 saturated heterocycles. The third-order valence-electron chi connectivity index (χ3n) is 3.65. The first kappa shape index (κ1) is 13.3. The minimum absolute atomic E-state index is 0.266. The van der Waals surface area contributed by atoms with Crippen molar-refractivity contribution in [2.75, 3.05) is 11.4 Å². The van der Waals surface area contributed by atoms with Crippen molar-refractivity contribution >= 4 is 11.6 Å². The zero-order valence-corrected chi connectivity index (χ0v) is 11.3. The highest BCUT2D eigenvalue weighted by Gasteiger charge is 2.26. The van der Waals surface area contributed by atoms with E-state index in [-0.39, 0.29) is 11.7 Å². The lowest BCUT2D eigenvalue weighted by Gasteiger charge is -2.29. The minimum Gasteiger partial charge on any atom is -0.305 e. The smallest absolute Gasteiger partial charge is 0.258 e. The van der Waals surface area contributed by atoms with Gasteiger partial charge >= 0.3 is 0 Å². The number of carbonyl (C=O) groups is 1. The number of amides is 1. The molecule has 3 rings (SSSR count). The molecule has 0 atom stereocenters. The van der Waals surface area contributed by atoms with Gasteiger partial charge in [-0.15, -0.1) is 0 Å². The quantitative estimate of drug-likeness (QED) is 0.804. The fourth-order valence-electron chi connectivity index (χ4n) is 2.68. The Kier molecular flexibility index (Phi) is 3.41. The standard InChI is InChI=1S/C17H13FN2O/c18-15-8-2-5-13-7-3-9-20(16(13)15)17(21)14-6-1-4-12(10-14)11-19/h1-2,4-6,8,10H,3,7,9H2. The molecule has 2 aromatic rings. The van der Waals surface area contributed by atoms with Crippen molar-refractivity contribution in [3.8, 4) is 6.07 Å². The maximum absolute atomic E-state index is 14.1. The monoisotopic (exact) mass is 280 g/mol. The van der Waals surface area contributed by atoms with E-state index < -0.39 is 0 Å². The summed E-state index contributed by atoms with van der Waals surface area (Å²) in [5, 5.41) is 8.92. The molecule has 0 radical (unpaired) electrons. The Labute approximate surface area is 122 Å². The van der Waals surface area contributed by atoms with Crippen LogP contribution in [0.15, 0.2) is 42.5 Å². The van der Waals surface area contributed by atoms with Crippen LogP contribution in [0.25, 0.3) is 0 Å². The second kappa shape index (κ2) is 5.37. The third kappa shape index (κ3) is 2.38. The molecule has 0 aromatic heterocycles. The van der Waals surface area contributed by atoms with Crippen LogP contribution in [0.1, 0.15) is 27.9 Å². The van der Waals surface area contributed by atoms with Crippen molar-refractivity contribution in [1.29, 1.82) is 5.26 Å². The Morgan fingerprint density at radius 1 is 1.24 bits per heavy atom. The van der Waals surface area contributed by atoms with Crippen molar-refractivity contribution in [1.82, 2.24) is 0 Å². The highest BCUT2D eigenvalue weighted by atomic mass is 19.1. The van der Waals surface area contributed by atoms with E-state index in [1.165, 1.54) is 17.0 Å². The second-order valence-corrected chi connectivity index (χ2v) is 5.00. The van der Waals surface area contributed by atoms with Crippen LogP contribution in [0.3, 0.4) is 0 Å². The van der Waals surface area contributed by atoms with Gasteiger partial charge in [0.1, 0.15) is 5.82 Å². The highest BCUT2D eigenvalue weighted by Crippen LogP contribution is 2.31. The van der Waals surface area contributed by atoms with Crippen molar-refractivity contribution in [3.63, 3.8) is 0 Å². The maximum atomic E-state index is 14.1. The second-order valence-electron chi connectivity index (χ2n) is 5.00. The lowest BCUT2D eigenvalue weighted by molar-refractivity contribution is 0.0984. The topological polar surface area (TPSA) is 44.1 Å². The molecule has 1 amide bonds. The van der Waals surface area contributed by atoms with Crippen LogP contribution in [-0.4, -0.2) is 12.5 Å². The largest absolute Gasteiger partial charge is 0.305 e. The van der Waals surface area contributed by atoms with Crippen LogP contribution in [0, 0.1) is 17.1 Å². The molecule has 0 spiro atoms. The number of halogens is 1. The van der Waals surface area contributed by atoms with Crippen molar-refractivity contribution < 1.29 is 9.18 Å². The van der Waals surface area contributed by atoms with Gasteiger partial charge in [-0.25, -0.2) is 4.39 Å². The van der Waals surface area contributed by atoms with Gasteiger partial charge in [-0.1, -0.05) is 18.2 Å². The molecule has 2 aromatic carbocycles. The van der Waals surface area contributed by atoms with Gasteiger partial charge in [0.2, 0.25) is 0 Å². The molecule has 0 aliphatic carbocycles. The maximum Gasteiger partial charge on any atom is 0.258 e. The number of hydrogen-bond donors (Lipinski definition) is 0.